The molecule has 1 nitrogen and oxygen atoms in total. The fraction of sp³-hybridized carbons (Fsp3) is 0.667. The summed E-state index contributed by atoms with van der Waals surface area (Å²) < 4.78 is 0. The molecule has 0 radical (unpaired) electrons. The van der Waals surface area contributed by atoms with Crippen molar-refractivity contribution < 1.29 is 4.79 Å². The lowest BCUT2D eigenvalue weighted by molar-refractivity contribution is -0.117. The van der Waals surface area contributed by atoms with Crippen LogP contribution in [-0.2, 0) is 4.79 Å². The Hall–Kier alpha value is -0.850. The molecule has 1 fully saturated rings. The monoisotopic (exact) mass is 218 g/mol. The molecule has 0 amide bonds. The molecule has 1 saturated carbocycles. The van der Waals surface area contributed by atoms with Gasteiger partial charge in [-0.25, -0.2) is 0 Å². The van der Waals surface area contributed by atoms with Crippen LogP contribution < -0.4 is 0 Å². The van der Waals surface area contributed by atoms with E-state index in [1.165, 1.54) is 24.0 Å². The highest BCUT2D eigenvalue weighted by Gasteiger charge is 2.43. The molecular formula is C15H22O. The molecule has 2 aliphatic carbocycles. The van der Waals surface area contributed by atoms with Crippen molar-refractivity contribution >= 4 is 5.78 Å². The Morgan fingerprint density at radius 3 is 2.88 bits per heavy atom. The molecule has 0 aromatic carbocycles. The van der Waals surface area contributed by atoms with Gasteiger partial charge in [-0.1, -0.05) is 31.6 Å². The summed E-state index contributed by atoms with van der Waals surface area (Å²) >= 11 is 0. The number of carbonyl (C=O) groups excluding carboxylic acids is 1. The second kappa shape index (κ2) is 3.87. The minimum Gasteiger partial charge on any atom is -0.295 e. The Bertz CT molecular complexity index is 364. The lowest BCUT2D eigenvalue weighted by Crippen LogP contribution is -2.38. The summed E-state index contributed by atoms with van der Waals surface area (Å²) in [5.74, 6) is 1.47. The van der Waals surface area contributed by atoms with Crippen LogP contribution in [0.15, 0.2) is 23.8 Å². The van der Waals surface area contributed by atoms with Gasteiger partial charge in [-0.3, -0.25) is 4.79 Å². The highest BCUT2D eigenvalue weighted by Crippen LogP contribution is 2.52. The van der Waals surface area contributed by atoms with Gasteiger partial charge in [0.25, 0.3) is 0 Å². The Morgan fingerprint density at radius 1 is 1.56 bits per heavy atom. The molecule has 2 aliphatic rings. The molecule has 0 spiro atoms. The van der Waals surface area contributed by atoms with Gasteiger partial charge in [0.05, 0.1) is 0 Å². The number of ketones is 1. The van der Waals surface area contributed by atoms with Gasteiger partial charge in [0.2, 0.25) is 0 Å². The van der Waals surface area contributed by atoms with Crippen LogP contribution in [0.5, 0.6) is 0 Å². The van der Waals surface area contributed by atoms with Gasteiger partial charge in [-0.15, -0.1) is 0 Å². The summed E-state index contributed by atoms with van der Waals surface area (Å²) in [4.78, 5) is 11.6. The Balaban J connectivity index is 2.30. The van der Waals surface area contributed by atoms with E-state index < -0.39 is 0 Å². The first-order chi connectivity index (χ1) is 7.43. The average molecular weight is 218 g/mol. The van der Waals surface area contributed by atoms with E-state index in [0.717, 1.165) is 12.8 Å². The first kappa shape index (κ1) is 11.6. The van der Waals surface area contributed by atoms with E-state index in [9.17, 15) is 4.79 Å². The van der Waals surface area contributed by atoms with E-state index in [0.29, 0.717) is 17.6 Å². The zero-order chi connectivity index (χ0) is 11.9. The smallest absolute Gasteiger partial charge is 0.155 e. The van der Waals surface area contributed by atoms with Crippen LogP contribution in [0, 0.1) is 17.3 Å². The number of hydrogen-bond donors (Lipinski definition) is 0. The first-order valence-electron chi connectivity index (χ1n) is 6.33. The Labute approximate surface area is 98.6 Å². The molecular weight excluding hydrogens is 196 g/mol. The van der Waals surface area contributed by atoms with Gasteiger partial charge in [0, 0.05) is 6.42 Å². The molecule has 0 aromatic rings. The van der Waals surface area contributed by atoms with Crippen LogP contribution >= 0.6 is 0 Å². The maximum atomic E-state index is 11.6. The van der Waals surface area contributed by atoms with E-state index in [1.54, 1.807) is 0 Å². The second-order valence-corrected chi connectivity index (χ2v) is 5.94. The molecule has 88 valence electrons. The van der Waals surface area contributed by atoms with Crippen LogP contribution in [0.3, 0.4) is 0 Å². The normalized spacial score (nSPS) is 38.9. The lowest BCUT2D eigenvalue weighted by atomic mass is 9.57. The molecule has 16 heavy (non-hydrogen) atoms. The molecule has 2 unspecified atom stereocenters. The SMILES string of the molecule is C=C(C)C1CCC2=CC(=O)CC(C)[C@]2(C)C1. The third kappa shape index (κ3) is 1.77. The summed E-state index contributed by atoms with van der Waals surface area (Å²) in [6, 6.07) is 0. The van der Waals surface area contributed by atoms with Crippen molar-refractivity contribution in [3.05, 3.63) is 23.8 Å². The molecule has 1 heteroatoms. The molecule has 0 N–H and O–H groups in total. The van der Waals surface area contributed by atoms with Crippen LogP contribution in [-0.4, -0.2) is 5.78 Å². The first-order valence-corrected chi connectivity index (χ1v) is 6.33. The van der Waals surface area contributed by atoms with Crippen molar-refractivity contribution in [2.45, 2.75) is 46.5 Å². The maximum absolute atomic E-state index is 11.6. The van der Waals surface area contributed by atoms with Crippen LogP contribution in [0.25, 0.3) is 0 Å². The van der Waals surface area contributed by atoms with Crippen LogP contribution in [0.1, 0.15) is 46.5 Å². The van der Waals surface area contributed by atoms with E-state index in [4.69, 9.17) is 0 Å². The predicted octanol–water partition coefficient (Wildman–Crippen LogP) is 3.90. The molecule has 0 aromatic heterocycles. The van der Waals surface area contributed by atoms with Gasteiger partial charge in [-0.2, -0.15) is 0 Å². The zero-order valence-corrected chi connectivity index (χ0v) is 10.7. The molecule has 0 saturated heterocycles. The minimum absolute atomic E-state index is 0.246. The third-order valence-corrected chi connectivity index (χ3v) is 4.79. The highest BCUT2D eigenvalue weighted by atomic mass is 16.1. The summed E-state index contributed by atoms with van der Waals surface area (Å²) in [5, 5.41) is 0. The highest BCUT2D eigenvalue weighted by molar-refractivity contribution is 5.92. The van der Waals surface area contributed by atoms with E-state index in [-0.39, 0.29) is 5.41 Å². The van der Waals surface area contributed by atoms with Crippen molar-refractivity contribution in [2.24, 2.45) is 17.3 Å². The number of allylic oxidation sites excluding steroid dienone is 3. The fourth-order valence-electron chi connectivity index (χ4n) is 3.32. The summed E-state index contributed by atoms with van der Waals surface area (Å²) in [6.07, 6.45) is 6.10. The van der Waals surface area contributed by atoms with Gasteiger partial charge in [-0.05, 0) is 49.5 Å². The zero-order valence-electron chi connectivity index (χ0n) is 10.7. The van der Waals surface area contributed by atoms with E-state index in [2.05, 4.69) is 27.4 Å². The van der Waals surface area contributed by atoms with Crippen molar-refractivity contribution in [3.8, 4) is 0 Å². The van der Waals surface area contributed by atoms with E-state index >= 15 is 0 Å². The number of hydrogen-bond acceptors (Lipinski definition) is 1. The Morgan fingerprint density at radius 2 is 2.25 bits per heavy atom. The van der Waals surface area contributed by atoms with Crippen LogP contribution in [0.2, 0.25) is 0 Å². The van der Waals surface area contributed by atoms with Crippen LogP contribution in [0.4, 0.5) is 0 Å². The maximum Gasteiger partial charge on any atom is 0.155 e. The summed E-state index contributed by atoms with van der Waals surface area (Å²) in [7, 11) is 0. The largest absolute Gasteiger partial charge is 0.295 e. The number of rotatable bonds is 1. The number of fused-ring (bicyclic) bond motifs is 1. The molecule has 0 heterocycles. The molecule has 0 aliphatic heterocycles. The average Bonchev–Trinajstić information content (AvgIpc) is 2.19. The van der Waals surface area contributed by atoms with E-state index in [1.807, 2.05) is 6.08 Å². The fourth-order valence-corrected chi connectivity index (χ4v) is 3.32. The van der Waals surface area contributed by atoms with Crippen molar-refractivity contribution in [2.75, 3.05) is 0 Å². The van der Waals surface area contributed by atoms with Crippen molar-refractivity contribution in [1.82, 2.24) is 0 Å². The van der Waals surface area contributed by atoms with Gasteiger partial charge >= 0.3 is 0 Å². The second-order valence-electron chi connectivity index (χ2n) is 5.94. The van der Waals surface area contributed by atoms with Gasteiger partial charge in [0.15, 0.2) is 5.78 Å². The van der Waals surface area contributed by atoms with Crippen molar-refractivity contribution in [1.29, 1.82) is 0 Å². The summed E-state index contributed by atoms with van der Waals surface area (Å²) in [6.45, 7) is 10.8. The molecule has 3 atom stereocenters. The molecule has 2 rings (SSSR count). The topological polar surface area (TPSA) is 17.1 Å². The minimum atomic E-state index is 0.246. The molecule has 0 bridgehead atoms. The predicted molar refractivity (Wildman–Crippen MR) is 67.1 cm³/mol. The van der Waals surface area contributed by atoms with Crippen molar-refractivity contribution in [3.63, 3.8) is 0 Å². The summed E-state index contributed by atoms with van der Waals surface area (Å²) in [5.41, 5.74) is 2.95. The van der Waals surface area contributed by atoms with Gasteiger partial charge < -0.3 is 0 Å². The standard InChI is InChI=1S/C15H22O/c1-10(2)12-5-6-13-8-14(16)7-11(3)15(13,4)9-12/h8,11-12H,1,5-7,9H2,2-4H3/t11?,12?,15-/m0/s1. The third-order valence-electron chi connectivity index (χ3n) is 4.79. The quantitative estimate of drug-likeness (QED) is 0.610. The Kier molecular flexibility index (Phi) is 2.81. The lowest BCUT2D eigenvalue weighted by Gasteiger charge is -2.47. The number of carbonyl (C=O) groups is 1. The van der Waals surface area contributed by atoms with Gasteiger partial charge in [0.1, 0.15) is 0 Å².